The van der Waals surface area contributed by atoms with E-state index in [1.807, 2.05) is 0 Å². The van der Waals surface area contributed by atoms with Gasteiger partial charge in [-0.25, -0.2) is 0 Å². The van der Waals surface area contributed by atoms with E-state index in [1.54, 1.807) is 14.2 Å². The van der Waals surface area contributed by atoms with Gasteiger partial charge in [0.25, 0.3) is 13.4 Å². The van der Waals surface area contributed by atoms with Gasteiger partial charge in [0.15, 0.2) is 0 Å². The van der Waals surface area contributed by atoms with E-state index in [9.17, 15) is 0 Å². The SMILES string of the molecule is COc1cc2c3c(c1)-c1cc(-c4c(-c5ccccc5)cccc4-c4ccccc4)c4cc5c6c(cc(-c7c(-c8ccccc8)cccc7-c7ccccc7)c7cc(c1c4c76)B3c1ccccc1O2)-c1cc(OC)cc2c1B5c1ccccc1O2. The lowest BCUT2D eigenvalue weighted by Gasteiger charge is -2.38. The van der Waals surface area contributed by atoms with Crippen LogP contribution in [0.4, 0.5) is 0 Å². The van der Waals surface area contributed by atoms with Gasteiger partial charge in [-0.2, -0.15) is 0 Å². The maximum atomic E-state index is 7.07. The number of hydrogen-bond acceptors (Lipinski definition) is 4. The Morgan fingerprint density at radius 2 is 0.607 bits per heavy atom. The molecule has 0 atom stereocenters. The molecule has 4 aliphatic heterocycles. The Hall–Kier alpha value is -10.6. The molecule has 4 heterocycles. The third-order valence-corrected chi connectivity index (χ3v) is 18.6. The molecule has 0 aliphatic carbocycles. The summed E-state index contributed by atoms with van der Waals surface area (Å²) in [4.78, 5) is 0. The number of fused-ring (bicyclic) bond motifs is 8. The van der Waals surface area contributed by atoms with Crippen molar-refractivity contribution in [3.05, 3.63) is 255 Å². The zero-order chi connectivity index (χ0) is 55.3. The molecule has 84 heavy (non-hydrogen) atoms. The molecule has 14 aromatic rings. The smallest absolute Gasteiger partial charge is 0.252 e. The summed E-state index contributed by atoms with van der Waals surface area (Å²) in [5.74, 6) is 4.83. The van der Waals surface area contributed by atoms with Crippen molar-refractivity contribution in [3.8, 4) is 124 Å². The third kappa shape index (κ3) is 6.62. The van der Waals surface area contributed by atoms with E-state index in [-0.39, 0.29) is 13.4 Å². The Morgan fingerprint density at radius 3 is 0.964 bits per heavy atom. The molecule has 4 aliphatic rings. The van der Waals surface area contributed by atoms with E-state index in [2.05, 4.69) is 255 Å². The van der Waals surface area contributed by atoms with Crippen LogP contribution in [-0.2, 0) is 0 Å². The molecular weight excluding hydrogens is 1020 g/mol. The quantitative estimate of drug-likeness (QED) is 0.112. The van der Waals surface area contributed by atoms with Crippen molar-refractivity contribution < 1.29 is 18.9 Å². The van der Waals surface area contributed by atoms with E-state index in [1.165, 1.54) is 54.4 Å². The van der Waals surface area contributed by atoms with Crippen molar-refractivity contribution in [2.45, 2.75) is 0 Å². The van der Waals surface area contributed by atoms with Crippen molar-refractivity contribution in [1.29, 1.82) is 0 Å². The highest BCUT2D eigenvalue weighted by Gasteiger charge is 2.45. The van der Waals surface area contributed by atoms with E-state index < -0.39 is 0 Å². The third-order valence-electron chi connectivity index (χ3n) is 18.6. The molecule has 0 radical (unpaired) electrons. The number of para-hydroxylation sites is 2. The molecule has 4 nitrogen and oxygen atoms in total. The van der Waals surface area contributed by atoms with Crippen LogP contribution in [0.25, 0.3) is 121 Å². The molecule has 0 fully saturated rings. The van der Waals surface area contributed by atoms with Crippen LogP contribution in [0.15, 0.2) is 255 Å². The summed E-state index contributed by atoms with van der Waals surface area (Å²) in [5, 5.41) is 7.35. The highest BCUT2D eigenvalue weighted by molar-refractivity contribution is 7.01. The first kappa shape index (κ1) is 47.1. The summed E-state index contributed by atoms with van der Waals surface area (Å²) in [6, 6.07) is 93.8. The number of rotatable bonds is 8. The van der Waals surface area contributed by atoms with Crippen molar-refractivity contribution >= 4 is 78.5 Å². The van der Waals surface area contributed by atoms with Crippen LogP contribution in [0.2, 0.25) is 0 Å². The Labute approximate surface area is 487 Å². The molecule has 0 unspecified atom stereocenters. The summed E-state index contributed by atoms with van der Waals surface area (Å²) in [5.41, 5.74) is 25.5. The Balaban J connectivity index is 1.12. The highest BCUT2D eigenvalue weighted by Crippen LogP contribution is 2.55. The maximum Gasteiger partial charge on any atom is 0.252 e. The molecular formula is C78H48B2O4. The van der Waals surface area contributed by atoms with Gasteiger partial charge in [-0.3, -0.25) is 0 Å². The number of hydrogen-bond donors (Lipinski definition) is 0. The lowest BCUT2D eigenvalue weighted by Crippen LogP contribution is -2.58. The normalized spacial score (nSPS) is 12.8. The Bertz CT molecular complexity index is 4660. The lowest BCUT2D eigenvalue weighted by atomic mass is 9.32. The molecule has 14 aromatic carbocycles. The van der Waals surface area contributed by atoms with Crippen molar-refractivity contribution in [3.63, 3.8) is 0 Å². The fourth-order valence-corrected chi connectivity index (χ4v) is 15.1. The van der Waals surface area contributed by atoms with E-state index in [0.717, 1.165) is 134 Å². The van der Waals surface area contributed by atoms with E-state index in [4.69, 9.17) is 18.9 Å². The molecule has 18 rings (SSSR count). The van der Waals surface area contributed by atoms with Crippen molar-refractivity contribution in [1.82, 2.24) is 0 Å². The molecule has 0 saturated carbocycles. The standard InChI is InChI=1S/C78H48B2O4/c1-81-49-37-61-57-41-55(71-51(45-21-7-3-8-22-45)29-19-30-52(71)46-23-9-4-10-24-46)59-44-66-74-58(62-38-50(82-2)40-70-78(62)80(66)64-34-16-18-36-68(64)84-70)42-56(72-53(47-25-11-5-12-26-47)31-20-32-54(72)48-27-13-6-14-28-48)60-43-65(73(57)75(59)76(60)74)79-63-33-15-17-35-67(63)83-69(39-49)77(61)79/h3-44H,1-2H3. The van der Waals surface area contributed by atoms with Crippen molar-refractivity contribution in [2.75, 3.05) is 14.2 Å². The van der Waals surface area contributed by atoms with Crippen LogP contribution in [0.5, 0.6) is 34.5 Å². The highest BCUT2D eigenvalue weighted by atomic mass is 16.5. The van der Waals surface area contributed by atoms with Crippen LogP contribution in [-0.4, -0.2) is 27.6 Å². The summed E-state index contributed by atoms with van der Waals surface area (Å²) in [7, 11) is 3.53. The zero-order valence-electron chi connectivity index (χ0n) is 46.0. The molecule has 0 aromatic heterocycles. The minimum atomic E-state index is -0.167. The topological polar surface area (TPSA) is 36.9 Å². The Kier molecular flexibility index (Phi) is 10.1. The van der Waals surface area contributed by atoms with Gasteiger partial charge in [-0.05, 0) is 180 Å². The second-order valence-electron chi connectivity index (χ2n) is 22.7. The van der Waals surface area contributed by atoms with Gasteiger partial charge in [0.05, 0.1) is 14.2 Å². The minimum Gasteiger partial charge on any atom is -0.497 e. The van der Waals surface area contributed by atoms with Crippen molar-refractivity contribution in [2.24, 2.45) is 0 Å². The lowest BCUT2D eigenvalue weighted by molar-refractivity contribution is 0.409. The summed E-state index contributed by atoms with van der Waals surface area (Å²) in [6.45, 7) is -0.333. The monoisotopic (exact) mass is 1070 g/mol. The van der Waals surface area contributed by atoms with Gasteiger partial charge in [0.1, 0.15) is 34.5 Å². The largest absolute Gasteiger partial charge is 0.497 e. The average molecular weight is 1070 g/mol. The summed E-state index contributed by atoms with van der Waals surface area (Å²) < 4.78 is 26.7. The molecule has 0 saturated heterocycles. The van der Waals surface area contributed by atoms with Crippen LogP contribution in [0.1, 0.15) is 0 Å². The number of methoxy groups -OCH3 is 2. The van der Waals surface area contributed by atoms with Gasteiger partial charge in [-0.1, -0.05) is 217 Å². The summed E-state index contributed by atoms with van der Waals surface area (Å²) >= 11 is 0. The zero-order valence-corrected chi connectivity index (χ0v) is 46.0. The van der Waals surface area contributed by atoms with Crippen LogP contribution >= 0.6 is 0 Å². The second-order valence-corrected chi connectivity index (χ2v) is 22.7. The van der Waals surface area contributed by atoms with Gasteiger partial charge in [0.2, 0.25) is 0 Å². The van der Waals surface area contributed by atoms with Gasteiger partial charge >= 0.3 is 0 Å². The molecule has 390 valence electrons. The molecule has 6 heteroatoms. The van der Waals surface area contributed by atoms with Gasteiger partial charge in [-0.15, -0.1) is 0 Å². The molecule has 0 N–H and O–H groups in total. The van der Waals surface area contributed by atoms with Crippen LogP contribution < -0.4 is 51.7 Å². The van der Waals surface area contributed by atoms with Gasteiger partial charge in [0, 0.05) is 12.1 Å². The summed E-state index contributed by atoms with van der Waals surface area (Å²) in [6.07, 6.45) is 0. The Morgan fingerprint density at radius 1 is 0.262 bits per heavy atom. The van der Waals surface area contributed by atoms with Crippen LogP contribution in [0, 0.1) is 0 Å². The molecule has 0 bridgehead atoms. The first-order valence-corrected chi connectivity index (χ1v) is 28.9. The number of benzene rings is 14. The fraction of sp³-hybridized carbons (Fsp3) is 0.0256. The van der Waals surface area contributed by atoms with Gasteiger partial charge < -0.3 is 18.9 Å². The van der Waals surface area contributed by atoms with Crippen LogP contribution in [0.3, 0.4) is 0 Å². The van der Waals surface area contributed by atoms with E-state index in [0.29, 0.717) is 0 Å². The molecule has 0 spiro atoms. The minimum absolute atomic E-state index is 0.167. The number of ether oxygens (including phenoxy) is 4. The first-order chi connectivity index (χ1) is 41.6. The maximum absolute atomic E-state index is 7.07. The average Bonchev–Trinajstić information content (AvgIpc) is 2.31. The fourth-order valence-electron chi connectivity index (χ4n) is 15.1. The molecule has 0 amide bonds. The predicted molar refractivity (Wildman–Crippen MR) is 349 cm³/mol. The van der Waals surface area contributed by atoms with E-state index >= 15 is 0 Å². The first-order valence-electron chi connectivity index (χ1n) is 28.9. The second kappa shape index (κ2) is 18.0. The predicted octanol–water partition coefficient (Wildman–Crippen LogP) is 15.8.